The Hall–Kier alpha value is -2.43. The molecule has 26 heavy (non-hydrogen) atoms. The van der Waals surface area contributed by atoms with E-state index >= 15 is 0 Å². The number of nitrogens with one attached hydrogen (secondary N) is 1. The fourth-order valence-corrected chi connectivity index (χ4v) is 4.10. The van der Waals surface area contributed by atoms with Gasteiger partial charge in [0, 0.05) is 22.4 Å². The SMILES string of the molecule is CCc1ccc(-c2csc3nc(Cc4ccc(Cl)cc4)[nH]c(=O)c23)cc1. The third-order valence-corrected chi connectivity index (χ3v) is 5.58. The number of hydrogen-bond acceptors (Lipinski definition) is 3. The summed E-state index contributed by atoms with van der Waals surface area (Å²) in [6.07, 6.45) is 1.57. The van der Waals surface area contributed by atoms with Gasteiger partial charge in [0.25, 0.3) is 5.56 Å². The Balaban J connectivity index is 1.72. The van der Waals surface area contributed by atoms with E-state index in [0.29, 0.717) is 22.7 Å². The van der Waals surface area contributed by atoms with Crippen molar-refractivity contribution in [2.75, 3.05) is 0 Å². The van der Waals surface area contributed by atoms with E-state index in [2.05, 4.69) is 41.2 Å². The molecule has 0 spiro atoms. The van der Waals surface area contributed by atoms with Gasteiger partial charge < -0.3 is 4.98 Å². The largest absolute Gasteiger partial charge is 0.310 e. The van der Waals surface area contributed by atoms with E-state index in [4.69, 9.17) is 11.6 Å². The zero-order valence-electron chi connectivity index (χ0n) is 14.3. The summed E-state index contributed by atoms with van der Waals surface area (Å²) in [5, 5.41) is 3.38. The van der Waals surface area contributed by atoms with Crippen molar-refractivity contribution >= 4 is 33.2 Å². The number of aromatic nitrogens is 2. The molecular formula is C21H17ClN2OS. The van der Waals surface area contributed by atoms with Gasteiger partial charge in [-0.3, -0.25) is 4.79 Å². The molecule has 0 aliphatic rings. The fourth-order valence-electron chi connectivity index (χ4n) is 3.01. The molecule has 3 nitrogen and oxygen atoms in total. The van der Waals surface area contributed by atoms with Crippen molar-refractivity contribution in [1.29, 1.82) is 0 Å². The highest BCUT2D eigenvalue weighted by atomic mass is 35.5. The Kier molecular flexibility index (Phi) is 4.62. The summed E-state index contributed by atoms with van der Waals surface area (Å²) in [6.45, 7) is 2.13. The van der Waals surface area contributed by atoms with Gasteiger partial charge >= 0.3 is 0 Å². The maximum absolute atomic E-state index is 12.7. The molecule has 130 valence electrons. The van der Waals surface area contributed by atoms with Crippen LogP contribution in [0.25, 0.3) is 21.3 Å². The van der Waals surface area contributed by atoms with Crippen LogP contribution in [0.4, 0.5) is 0 Å². The summed E-state index contributed by atoms with van der Waals surface area (Å²) < 4.78 is 0. The average molecular weight is 381 g/mol. The summed E-state index contributed by atoms with van der Waals surface area (Å²) in [5.74, 6) is 0.666. The van der Waals surface area contributed by atoms with E-state index in [0.717, 1.165) is 27.9 Å². The highest BCUT2D eigenvalue weighted by Crippen LogP contribution is 2.31. The maximum atomic E-state index is 12.7. The molecule has 1 N–H and O–H groups in total. The molecule has 0 aliphatic heterocycles. The van der Waals surface area contributed by atoms with Crippen LogP contribution < -0.4 is 5.56 Å². The molecule has 4 aromatic rings. The van der Waals surface area contributed by atoms with Crippen molar-refractivity contribution in [3.05, 3.63) is 86.2 Å². The lowest BCUT2D eigenvalue weighted by Crippen LogP contribution is -2.11. The predicted octanol–water partition coefficient (Wildman–Crippen LogP) is 5.46. The van der Waals surface area contributed by atoms with Gasteiger partial charge in [0.1, 0.15) is 10.7 Å². The minimum atomic E-state index is -0.0882. The second-order valence-electron chi connectivity index (χ2n) is 6.20. The standard InChI is InChI=1S/C21H17ClN2OS/c1-2-13-3-7-15(8-4-13)17-12-26-21-19(17)20(25)23-18(24-21)11-14-5-9-16(22)10-6-14/h3-10,12H,2,11H2,1H3,(H,23,24,25). The second kappa shape index (κ2) is 7.06. The molecule has 0 fully saturated rings. The normalized spacial score (nSPS) is 11.2. The van der Waals surface area contributed by atoms with E-state index in [1.54, 1.807) is 0 Å². The van der Waals surface area contributed by atoms with Gasteiger partial charge in [-0.25, -0.2) is 4.98 Å². The third kappa shape index (κ3) is 3.30. The molecule has 2 aromatic heterocycles. The van der Waals surface area contributed by atoms with Gasteiger partial charge in [-0.15, -0.1) is 11.3 Å². The first-order valence-corrected chi connectivity index (χ1v) is 9.74. The van der Waals surface area contributed by atoms with E-state index in [1.165, 1.54) is 16.9 Å². The number of nitrogens with zero attached hydrogens (tertiary/aromatic N) is 1. The van der Waals surface area contributed by atoms with Crippen molar-refractivity contribution in [2.24, 2.45) is 0 Å². The van der Waals surface area contributed by atoms with Crippen molar-refractivity contribution in [3.8, 4) is 11.1 Å². The number of halogens is 1. The third-order valence-electron chi connectivity index (χ3n) is 4.45. The minimum Gasteiger partial charge on any atom is -0.310 e. The van der Waals surface area contributed by atoms with Crippen LogP contribution in [-0.2, 0) is 12.8 Å². The number of aryl methyl sites for hydroxylation is 1. The number of thiophene rings is 1. The van der Waals surface area contributed by atoms with Crippen molar-refractivity contribution in [1.82, 2.24) is 9.97 Å². The molecule has 2 heterocycles. The summed E-state index contributed by atoms with van der Waals surface area (Å²) in [4.78, 5) is 21.1. The van der Waals surface area contributed by atoms with E-state index < -0.39 is 0 Å². The van der Waals surface area contributed by atoms with Gasteiger partial charge in [-0.05, 0) is 35.2 Å². The van der Waals surface area contributed by atoms with Gasteiger partial charge in [-0.1, -0.05) is 54.9 Å². The van der Waals surface area contributed by atoms with Gasteiger partial charge in [0.2, 0.25) is 0 Å². The molecule has 0 saturated carbocycles. The molecule has 4 rings (SSSR count). The molecule has 0 radical (unpaired) electrons. The number of fused-ring (bicyclic) bond motifs is 1. The zero-order valence-corrected chi connectivity index (χ0v) is 15.8. The molecule has 5 heteroatoms. The Labute approximate surface area is 160 Å². The molecule has 2 aromatic carbocycles. The topological polar surface area (TPSA) is 45.8 Å². The molecule has 0 unspecified atom stereocenters. The van der Waals surface area contributed by atoms with Crippen LogP contribution in [-0.4, -0.2) is 9.97 Å². The molecule has 0 bridgehead atoms. The summed E-state index contributed by atoms with van der Waals surface area (Å²) >= 11 is 7.43. The Morgan fingerprint density at radius 1 is 1.04 bits per heavy atom. The maximum Gasteiger partial charge on any atom is 0.260 e. The van der Waals surface area contributed by atoms with Gasteiger partial charge in [-0.2, -0.15) is 0 Å². The van der Waals surface area contributed by atoms with E-state index in [9.17, 15) is 4.79 Å². The van der Waals surface area contributed by atoms with Crippen LogP contribution in [0.2, 0.25) is 5.02 Å². The fraction of sp³-hybridized carbons (Fsp3) is 0.143. The molecule has 0 atom stereocenters. The number of benzene rings is 2. The van der Waals surface area contributed by atoms with Crippen LogP contribution in [0.5, 0.6) is 0 Å². The van der Waals surface area contributed by atoms with E-state index in [-0.39, 0.29) is 5.56 Å². The van der Waals surface area contributed by atoms with Crippen LogP contribution in [0.1, 0.15) is 23.9 Å². The first-order chi connectivity index (χ1) is 12.6. The highest BCUT2D eigenvalue weighted by molar-refractivity contribution is 7.17. The Morgan fingerprint density at radius 3 is 2.42 bits per heavy atom. The number of aromatic amines is 1. The zero-order chi connectivity index (χ0) is 18.1. The van der Waals surface area contributed by atoms with Crippen molar-refractivity contribution in [3.63, 3.8) is 0 Å². The van der Waals surface area contributed by atoms with Gasteiger partial charge in [0.05, 0.1) is 5.39 Å². The van der Waals surface area contributed by atoms with Crippen LogP contribution in [0.3, 0.4) is 0 Å². The summed E-state index contributed by atoms with van der Waals surface area (Å²) in [7, 11) is 0. The second-order valence-corrected chi connectivity index (χ2v) is 7.49. The quantitative estimate of drug-likeness (QED) is 0.511. The molecule has 0 amide bonds. The Bertz CT molecular complexity index is 1110. The molecule has 0 saturated heterocycles. The first kappa shape index (κ1) is 17.0. The van der Waals surface area contributed by atoms with Crippen LogP contribution >= 0.6 is 22.9 Å². The molecule has 0 aliphatic carbocycles. The number of hydrogen-bond donors (Lipinski definition) is 1. The van der Waals surface area contributed by atoms with Crippen molar-refractivity contribution in [2.45, 2.75) is 19.8 Å². The minimum absolute atomic E-state index is 0.0882. The number of H-pyrrole nitrogens is 1. The highest BCUT2D eigenvalue weighted by Gasteiger charge is 2.13. The van der Waals surface area contributed by atoms with Crippen molar-refractivity contribution < 1.29 is 0 Å². The van der Waals surface area contributed by atoms with Gasteiger partial charge in [0.15, 0.2) is 0 Å². The van der Waals surface area contributed by atoms with Crippen LogP contribution in [0.15, 0.2) is 58.7 Å². The predicted molar refractivity (Wildman–Crippen MR) is 109 cm³/mol. The lowest BCUT2D eigenvalue weighted by atomic mass is 10.0. The first-order valence-electron chi connectivity index (χ1n) is 8.48. The smallest absolute Gasteiger partial charge is 0.260 e. The summed E-state index contributed by atoms with van der Waals surface area (Å²) in [5.41, 5.74) is 4.25. The molecular weight excluding hydrogens is 364 g/mol. The van der Waals surface area contributed by atoms with E-state index in [1.807, 2.05) is 29.6 Å². The lowest BCUT2D eigenvalue weighted by molar-refractivity contribution is 0.977. The Morgan fingerprint density at radius 2 is 1.73 bits per heavy atom. The number of rotatable bonds is 4. The summed E-state index contributed by atoms with van der Waals surface area (Å²) in [6, 6.07) is 15.9. The average Bonchev–Trinajstić information content (AvgIpc) is 3.08. The van der Waals surface area contributed by atoms with Crippen LogP contribution in [0, 0.1) is 0 Å². The lowest BCUT2D eigenvalue weighted by Gasteiger charge is -2.04. The monoisotopic (exact) mass is 380 g/mol.